The van der Waals surface area contributed by atoms with E-state index in [1.54, 1.807) is 0 Å². The SMILES string of the molecule is FC(F)(F)c1cc[c]([Bi]([Cl])([Cl])[c]2ccc(C(F)(F)F)cc2)cc1. The van der Waals surface area contributed by atoms with Crippen molar-refractivity contribution in [3.05, 3.63) is 59.7 Å². The quantitative estimate of drug-likeness (QED) is 0.361. The predicted molar refractivity (Wildman–Crippen MR) is 79.6 cm³/mol. The van der Waals surface area contributed by atoms with Crippen LogP contribution in [0.1, 0.15) is 11.1 Å². The maximum atomic E-state index is 12.5. The van der Waals surface area contributed by atoms with Crippen molar-refractivity contribution in [2.45, 2.75) is 12.4 Å². The first-order chi connectivity index (χ1) is 10.4. The van der Waals surface area contributed by atoms with Crippen molar-refractivity contribution in [2.75, 3.05) is 0 Å². The molecule has 0 fully saturated rings. The van der Waals surface area contributed by atoms with Crippen LogP contribution in [0.25, 0.3) is 0 Å². The second kappa shape index (κ2) is 6.42. The molecule has 125 valence electrons. The van der Waals surface area contributed by atoms with Gasteiger partial charge in [-0.05, 0) is 0 Å². The van der Waals surface area contributed by atoms with Crippen LogP contribution in [0, 0.1) is 0 Å². The number of halogens is 8. The van der Waals surface area contributed by atoms with E-state index in [1.807, 2.05) is 0 Å². The number of hydrogen-bond donors (Lipinski definition) is 0. The fraction of sp³-hybridized carbons (Fsp3) is 0.143. The standard InChI is InChI=1S/2C7H4F3.Bi.2ClH/c2*8-7(9,10)6-4-2-1-3-5-6;;;/h2*2-5H;;2*1H/q;;+2;;/p-2. The fourth-order valence-corrected chi connectivity index (χ4v) is 11.0. The van der Waals surface area contributed by atoms with Crippen LogP contribution in [0.2, 0.25) is 0 Å². The second-order valence-electron chi connectivity index (χ2n) is 4.60. The summed E-state index contributed by atoms with van der Waals surface area (Å²) in [6, 6.07) is 8.15. The van der Waals surface area contributed by atoms with Gasteiger partial charge in [-0.1, -0.05) is 0 Å². The summed E-state index contributed by atoms with van der Waals surface area (Å²) in [5, 5.41) is 0. The molecule has 9 heteroatoms. The second-order valence-corrected chi connectivity index (χ2v) is 23.0. The molecule has 2 aromatic rings. The first-order valence-corrected chi connectivity index (χ1v) is 18.1. The maximum absolute atomic E-state index is 12.5. The molecular formula is C14H8BiCl2F6. The van der Waals surface area contributed by atoms with E-state index in [0.29, 0.717) is 6.54 Å². The molecule has 0 aromatic heterocycles. The average Bonchev–Trinajstić information content (AvgIpc) is 2.46. The molecule has 0 aliphatic carbocycles. The molecule has 0 aliphatic rings. The fourth-order valence-electron chi connectivity index (χ4n) is 1.82. The van der Waals surface area contributed by atoms with Crippen molar-refractivity contribution < 1.29 is 26.3 Å². The molecule has 0 aliphatic heterocycles. The number of alkyl halides is 6. The van der Waals surface area contributed by atoms with Gasteiger partial charge in [0.2, 0.25) is 0 Å². The summed E-state index contributed by atoms with van der Waals surface area (Å²) in [4.78, 5) is 0. The zero-order chi connectivity index (χ0) is 17.5. The number of rotatable bonds is 2. The molecule has 1 radical (unpaired) electrons. The zero-order valence-corrected chi connectivity index (χ0v) is 16.1. The summed E-state index contributed by atoms with van der Waals surface area (Å²) in [5.74, 6) is 0. The normalized spacial score (nSPS) is 13.2. The zero-order valence-electron chi connectivity index (χ0n) is 11.1. The van der Waals surface area contributed by atoms with Crippen LogP contribution >= 0.6 is 17.0 Å². The predicted octanol–water partition coefficient (Wildman–Crippen LogP) is 4.76. The van der Waals surface area contributed by atoms with Crippen LogP contribution in [0.3, 0.4) is 0 Å². The first-order valence-electron chi connectivity index (χ1n) is 6.06. The molecule has 0 amide bonds. The molecule has 0 bridgehead atoms. The Bertz CT molecular complexity index is 615. The van der Waals surface area contributed by atoms with Crippen molar-refractivity contribution in [3.63, 3.8) is 0 Å². The van der Waals surface area contributed by atoms with Gasteiger partial charge in [-0.2, -0.15) is 0 Å². The van der Waals surface area contributed by atoms with Crippen LogP contribution in [-0.2, 0) is 12.4 Å². The molecule has 2 aromatic carbocycles. The van der Waals surface area contributed by atoms with Crippen LogP contribution in [-0.4, -0.2) is 17.9 Å². The summed E-state index contributed by atoms with van der Waals surface area (Å²) < 4.78 is 75.9. The molecule has 0 atom stereocenters. The van der Waals surface area contributed by atoms with Gasteiger partial charge in [0, 0.05) is 0 Å². The van der Waals surface area contributed by atoms with Gasteiger partial charge in [0.1, 0.15) is 0 Å². The Labute approximate surface area is 139 Å². The molecule has 0 unspecified atom stereocenters. The van der Waals surface area contributed by atoms with Gasteiger partial charge in [-0.25, -0.2) is 0 Å². The van der Waals surface area contributed by atoms with E-state index in [0.717, 1.165) is 24.3 Å². The van der Waals surface area contributed by atoms with Gasteiger partial charge in [0.05, 0.1) is 0 Å². The van der Waals surface area contributed by atoms with E-state index < -0.39 is 41.4 Å². The summed E-state index contributed by atoms with van der Waals surface area (Å²) in [6.45, 7) is 0. The van der Waals surface area contributed by atoms with Gasteiger partial charge >= 0.3 is 140 Å². The minimum atomic E-state index is -4.48. The van der Waals surface area contributed by atoms with Gasteiger partial charge in [0.15, 0.2) is 0 Å². The molecular weight excluding hydrogens is 562 g/mol. The van der Waals surface area contributed by atoms with E-state index in [-0.39, 0.29) is 0 Å². The molecule has 0 saturated carbocycles. The van der Waals surface area contributed by atoms with E-state index in [9.17, 15) is 26.3 Å². The van der Waals surface area contributed by atoms with Gasteiger partial charge < -0.3 is 0 Å². The molecule has 0 nitrogen and oxygen atoms in total. The molecule has 23 heavy (non-hydrogen) atoms. The van der Waals surface area contributed by atoms with Crippen LogP contribution in [0.5, 0.6) is 0 Å². The molecule has 2 rings (SSSR count). The summed E-state index contributed by atoms with van der Waals surface area (Å²) in [7, 11) is 12.7. The monoisotopic (exact) mass is 569 g/mol. The summed E-state index contributed by atoms with van der Waals surface area (Å²) in [6.07, 6.45) is -8.96. The van der Waals surface area contributed by atoms with E-state index >= 15 is 0 Å². The molecule has 0 spiro atoms. The molecule has 0 heterocycles. The third-order valence-electron chi connectivity index (χ3n) is 3.04. The summed E-state index contributed by atoms with van der Waals surface area (Å²) >= 11 is -4.31. The Kier molecular flexibility index (Phi) is 5.25. The van der Waals surface area contributed by atoms with Crippen molar-refractivity contribution in [1.29, 1.82) is 0 Å². The van der Waals surface area contributed by atoms with Gasteiger partial charge in [-0.3, -0.25) is 0 Å². The Balaban J connectivity index is 2.34. The van der Waals surface area contributed by atoms with Gasteiger partial charge in [0.25, 0.3) is 0 Å². The Hall–Kier alpha value is -0.517. The third kappa shape index (κ3) is 4.31. The van der Waals surface area contributed by atoms with E-state index in [1.165, 1.54) is 24.3 Å². The Morgan fingerprint density at radius 2 is 0.826 bits per heavy atom. The average molecular weight is 570 g/mol. The third-order valence-corrected chi connectivity index (χ3v) is 17.2. The topological polar surface area (TPSA) is 0 Å². The van der Waals surface area contributed by atoms with Crippen LogP contribution in [0.4, 0.5) is 26.3 Å². The van der Waals surface area contributed by atoms with Crippen molar-refractivity contribution in [2.24, 2.45) is 0 Å². The van der Waals surface area contributed by atoms with Gasteiger partial charge in [-0.15, -0.1) is 0 Å². The van der Waals surface area contributed by atoms with Crippen molar-refractivity contribution in [3.8, 4) is 0 Å². The van der Waals surface area contributed by atoms with Crippen molar-refractivity contribution in [1.82, 2.24) is 0 Å². The molecule has 0 saturated heterocycles. The number of hydrogen-bond acceptors (Lipinski definition) is 0. The minimum absolute atomic E-state index is 0.334. The van der Waals surface area contributed by atoms with E-state index in [2.05, 4.69) is 0 Å². The first kappa shape index (κ1) is 18.8. The van der Waals surface area contributed by atoms with E-state index in [4.69, 9.17) is 17.0 Å². The summed E-state index contributed by atoms with van der Waals surface area (Å²) in [5.41, 5.74) is -1.69. The molecule has 0 N–H and O–H groups in total. The van der Waals surface area contributed by atoms with Crippen molar-refractivity contribution >= 4 is 41.4 Å². The number of benzene rings is 2. The Morgan fingerprint density at radius 1 is 0.565 bits per heavy atom. The Morgan fingerprint density at radius 3 is 1.04 bits per heavy atom. The van der Waals surface area contributed by atoms with Crippen LogP contribution < -0.4 is 6.54 Å². The van der Waals surface area contributed by atoms with Crippen LogP contribution in [0.15, 0.2) is 48.5 Å².